The third-order valence-electron chi connectivity index (χ3n) is 3.05. The van der Waals surface area contributed by atoms with E-state index in [0.717, 1.165) is 21.9 Å². The fraction of sp³-hybridized carbons (Fsp3) is 0.0625. The van der Waals surface area contributed by atoms with Gasteiger partial charge in [-0.3, -0.25) is 4.79 Å². The topological polar surface area (TPSA) is 42.2 Å². The number of benzene rings is 2. The Labute approximate surface area is 110 Å². The molecular weight excluding hydrogens is 238 g/mol. The molecule has 0 aliphatic rings. The maximum atomic E-state index is 11.9. The lowest BCUT2D eigenvalue weighted by atomic mass is 10.1. The monoisotopic (exact) mass is 251 g/mol. The molecule has 3 aromatic rings. The molecule has 3 heteroatoms. The van der Waals surface area contributed by atoms with Crippen molar-refractivity contribution in [2.75, 3.05) is 6.54 Å². The first-order valence-corrected chi connectivity index (χ1v) is 6.10. The number of hydrogen-bond acceptors (Lipinski definition) is 2. The summed E-state index contributed by atoms with van der Waals surface area (Å²) in [6.07, 6.45) is 1.66. The summed E-state index contributed by atoms with van der Waals surface area (Å²) in [6.45, 7) is 4.04. The molecular formula is C16H13NO2. The Kier molecular flexibility index (Phi) is 2.80. The van der Waals surface area contributed by atoms with Crippen LogP contribution in [0.5, 0.6) is 0 Å². The first-order chi connectivity index (χ1) is 9.29. The van der Waals surface area contributed by atoms with Gasteiger partial charge in [0.25, 0.3) is 5.91 Å². The molecule has 0 bridgehead atoms. The highest BCUT2D eigenvalue weighted by Gasteiger charge is 2.10. The first kappa shape index (κ1) is 11.5. The average Bonchev–Trinajstić information content (AvgIpc) is 2.82. The summed E-state index contributed by atoms with van der Waals surface area (Å²) < 4.78 is 5.72. The molecule has 0 fully saturated rings. The van der Waals surface area contributed by atoms with E-state index in [4.69, 9.17) is 4.42 Å². The quantitative estimate of drug-likeness (QED) is 0.724. The van der Waals surface area contributed by atoms with Gasteiger partial charge in [0.1, 0.15) is 11.2 Å². The van der Waals surface area contributed by atoms with Crippen molar-refractivity contribution in [3.05, 3.63) is 60.7 Å². The summed E-state index contributed by atoms with van der Waals surface area (Å²) in [5, 5.41) is 4.75. The molecule has 0 saturated carbocycles. The van der Waals surface area contributed by atoms with E-state index in [0.29, 0.717) is 12.1 Å². The van der Waals surface area contributed by atoms with E-state index in [-0.39, 0.29) is 5.91 Å². The van der Waals surface area contributed by atoms with Crippen molar-refractivity contribution in [3.8, 4) is 0 Å². The highest BCUT2D eigenvalue weighted by molar-refractivity contribution is 6.08. The molecule has 0 aliphatic carbocycles. The Bertz CT molecular complexity index is 771. The molecule has 94 valence electrons. The van der Waals surface area contributed by atoms with E-state index in [1.54, 1.807) is 12.1 Å². The zero-order valence-corrected chi connectivity index (χ0v) is 10.3. The van der Waals surface area contributed by atoms with Gasteiger partial charge in [-0.1, -0.05) is 24.3 Å². The molecule has 0 unspecified atom stereocenters. The molecule has 1 aromatic heterocycles. The Morgan fingerprint density at radius 1 is 1.16 bits per heavy atom. The van der Waals surface area contributed by atoms with E-state index in [1.165, 1.54) is 0 Å². The number of fused-ring (bicyclic) bond motifs is 3. The van der Waals surface area contributed by atoms with Crippen molar-refractivity contribution < 1.29 is 9.21 Å². The Morgan fingerprint density at radius 2 is 1.95 bits per heavy atom. The minimum Gasteiger partial charge on any atom is -0.456 e. The van der Waals surface area contributed by atoms with E-state index < -0.39 is 0 Å². The second-order valence-electron chi connectivity index (χ2n) is 4.31. The summed E-state index contributed by atoms with van der Waals surface area (Å²) in [6, 6.07) is 13.3. The normalized spacial score (nSPS) is 10.7. The summed E-state index contributed by atoms with van der Waals surface area (Å²) in [5.41, 5.74) is 2.25. The molecule has 1 heterocycles. The van der Waals surface area contributed by atoms with Crippen molar-refractivity contribution in [2.45, 2.75) is 0 Å². The number of nitrogens with one attached hydrogen (secondary N) is 1. The third-order valence-corrected chi connectivity index (χ3v) is 3.05. The lowest BCUT2D eigenvalue weighted by Crippen LogP contribution is -2.22. The number of carbonyl (C=O) groups excluding carboxylic acids is 1. The van der Waals surface area contributed by atoms with Crippen molar-refractivity contribution in [3.63, 3.8) is 0 Å². The molecule has 2 aromatic carbocycles. The van der Waals surface area contributed by atoms with Gasteiger partial charge in [0.05, 0.1) is 0 Å². The van der Waals surface area contributed by atoms with Crippen LogP contribution in [0.3, 0.4) is 0 Å². The van der Waals surface area contributed by atoms with Crippen LogP contribution in [-0.2, 0) is 0 Å². The van der Waals surface area contributed by atoms with Gasteiger partial charge in [-0.15, -0.1) is 6.58 Å². The fourth-order valence-corrected chi connectivity index (χ4v) is 2.13. The van der Waals surface area contributed by atoms with Crippen LogP contribution in [0.1, 0.15) is 10.4 Å². The van der Waals surface area contributed by atoms with Crippen molar-refractivity contribution >= 4 is 27.8 Å². The van der Waals surface area contributed by atoms with Gasteiger partial charge in [0, 0.05) is 22.9 Å². The van der Waals surface area contributed by atoms with Crippen LogP contribution in [0.2, 0.25) is 0 Å². The van der Waals surface area contributed by atoms with Gasteiger partial charge in [-0.05, 0) is 24.3 Å². The maximum absolute atomic E-state index is 11.9. The van der Waals surface area contributed by atoms with Crippen molar-refractivity contribution in [2.24, 2.45) is 0 Å². The smallest absolute Gasteiger partial charge is 0.251 e. The number of amides is 1. The van der Waals surface area contributed by atoms with Crippen molar-refractivity contribution in [1.29, 1.82) is 0 Å². The van der Waals surface area contributed by atoms with Gasteiger partial charge in [-0.25, -0.2) is 0 Å². The summed E-state index contributed by atoms with van der Waals surface area (Å²) >= 11 is 0. The van der Waals surface area contributed by atoms with E-state index in [2.05, 4.69) is 11.9 Å². The fourth-order valence-electron chi connectivity index (χ4n) is 2.13. The molecule has 0 saturated heterocycles. The summed E-state index contributed by atoms with van der Waals surface area (Å²) in [5.74, 6) is -0.105. The predicted octanol–water partition coefficient (Wildman–Crippen LogP) is 3.50. The van der Waals surface area contributed by atoms with Gasteiger partial charge in [-0.2, -0.15) is 0 Å². The van der Waals surface area contributed by atoms with Gasteiger partial charge in [0.2, 0.25) is 0 Å². The minimum atomic E-state index is -0.105. The van der Waals surface area contributed by atoms with E-state index in [1.807, 2.05) is 36.4 Å². The first-order valence-electron chi connectivity index (χ1n) is 6.10. The standard InChI is InChI=1S/C16H13NO2/c1-2-9-17-16(18)11-7-8-15-13(10-11)12-5-3-4-6-14(12)19-15/h2-8,10H,1,9H2,(H,17,18). The Hall–Kier alpha value is -2.55. The second kappa shape index (κ2) is 4.61. The van der Waals surface area contributed by atoms with E-state index in [9.17, 15) is 4.79 Å². The molecule has 3 rings (SSSR count). The second-order valence-corrected chi connectivity index (χ2v) is 4.31. The molecule has 0 radical (unpaired) electrons. The number of para-hydroxylation sites is 1. The third kappa shape index (κ3) is 1.99. The van der Waals surface area contributed by atoms with E-state index >= 15 is 0 Å². The SMILES string of the molecule is C=CCNC(=O)c1ccc2oc3ccccc3c2c1. The lowest BCUT2D eigenvalue weighted by Gasteiger charge is -2.01. The Balaban J connectivity index is 2.11. The van der Waals surface area contributed by atoms with Gasteiger partial charge < -0.3 is 9.73 Å². The molecule has 3 nitrogen and oxygen atoms in total. The van der Waals surface area contributed by atoms with Gasteiger partial charge >= 0.3 is 0 Å². The van der Waals surface area contributed by atoms with Crippen LogP contribution in [-0.4, -0.2) is 12.5 Å². The van der Waals surface area contributed by atoms with Crippen molar-refractivity contribution in [1.82, 2.24) is 5.32 Å². The molecule has 1 N–H and O–H groups in total. The predicted molar refractivity (Wildman–Crippen MR) is 76.3 cm³/mol. The van der Waals surface area contributed by atoms with Gasteiger partial charge in [0.15, 0.2) is 0 Å². The number of carbonyl (C=O) groups is 1. The highest BCUT2D eigenvalue weighted by atomic mass is 16.3. The molecule has 0 aliphatic heterocycles. The van der Waals surface area contributed by atoms with Crippen LogP contribution in [0.25, 0.3) is 21.9 Å². The maximum Gasteiger partial charge on any atom is 0.251 e. The van der Waals surface area contributed by atoms with Crippen LogP contribution < -0.4 is 5.32 Å². The highest BCUT2D eigenvalue weighted by Crippen LogP contribution is 2.28. The Morgan fingerprint density at radius 3 is 2.79 bits per heavy atom. The molecule has 0 spiro atoms. The average molecular weight is 251 g/mol. The zero-order chi connectivity index (χ0) is 13.2. The zero-order valence-electron chi connectivity index (χ0n) is 10.3. The van der Waals surface area contributed by atoms with Crippen LogP contribution in [0, 0.1) is 0 Å². The number of hydrogen-bond donors (Lipinski definition) is 1. The van der Waals surface area contributed by atoms with Crippen LogP contribution in [0.15, 0.2) is 59.5 Å². The lowest BCUT2D eigenvalue weighted by molar-refractivity contribution is 0.0958. The summed E-state index contributed by atoms with van der Waals surface area (Å²) in [4.78, 5) is 11.9. The molecule has 0 atom stereocenters. The number of furan rings is 1. The summed E-state index contributed by atoms with van der Waals surface area (Å²) in [7, 11) is 0. The number of rotatable bonds is 3. The molecule has 19 heavy (non-hydrogen) atoms. The molecule has 1 amide bonds. The van der Waals surface area contributed by atoms with Crippen LogP contribution in [0.4, 0.5) is 0 Å². The minimum absolute atomic E-state index is 0.105. The van der Waals surface area contributed by atoms with Crippen LogP contribution >= 0.6 is 0 Å². The largest absolute Gasteiger partial charge is 0.456 e.